The number of nitrogens with zero attached hydrogens (tertiary/aromatic N) is 8. The van der Waals surface area contributed by atoms with Crippen LogP contribution < -0.4 is 0 Å². The Morgan fingerprint density at radius 2 is 0.985 bits per heavy atom. The number of aromatic hydroxyl groups is 2. The molecule has 0 bridgehead atoms. The molecule has 7 rings (SSSR count). The minimum Gasteiger partial charge on any atom is -0.507 e. The van der Waals surface area contributed by atoms with Crippen molar-refractivity contribution in [2.75, 3.05) is 79.5 Å². The van der Waals surface area contributed by atoms with Crippen LogP contribution in [-0.4, -0.2) is 177 Å². The minimum atomic E-state index is -1.82. The number of aliphatic imine (C=N–C) groups is 2. The van der Waals surface area contributed by atoms with Gasteiger partial charge in [-0.2, -0.15) is 0 Å². The first-order chi connectivity index (χ1) is 31.3. The number of hydrogen-bond donors (Lipinski definition) is 4. The van der Waals surface area contributed by atoms with Crippen molar-refractivity contribution in [2.45, 2.75) is 149 Å². The number of benzene rings is 2. The molecule has 68 heavy (non-hydrogen) atoms. The van der Waals surface area contributed by atoms with E-state index in [1.54, 1.807) is 0 Å². The predicted octanol–water partition coefficient (Wildman–Crippen LogP) is 7.02. The Bertz CT molecular complexity index is 2020. The van der Waals surface area contributed by atoms with Crippen LogP contribution >= 0.6 is 0 Å². The zero-order chi connectivity index (χ0) is 47.8. The Hall–Kier alpha value is -4.63. The molecule has 2 atom stereocenters. The molecule has 2 unspecified atom stereocenters. The van der Waals surface area contributed by atoms with Gasteiger partial charge in [-0.05, 0) is 83.7 Å². The Morgan fingerprint density at radius 3 is 1.34 bits per heavy atom. The summed E-state index contributed by atoms with van der Waals surface area (Å²) in [6.07, 6.45) is 16.5. The summed E-state index contributed by atoms with van der Waals surface area (Å²) in [5, 5.41) is 38.3. The van der Waals surface area contributed by atoms with Crippen LogP contribution in [0.25, 0.3) is 0 Å². The van der Waals surface area contributed by atoms with E-state index in [1.807, 2.05) is 12.4 Å². The molecule has 2 saturated heterocycles. The normalized spacial score (nSPS) is 20.1. The van der Waals surface area contributed by atoms with Gasteiger partial charge in [0.1, 0.15) is 11.5 Å². The number of carboxylic acids is 2. The molecule has 5 aliphatic rings. The summed E-state index contributed by atoms with van der Waals surface area (Å²) in [6, 6.07) is 8.78. The summed E-state index contributed by atoms with van der Waals surface area (Å²) >= 11 is 0. The fraction of sp³-hybridized carbons (Fsp3) is 0.660. The second-order valence-corrected chi connectivity index (χ2v) is 21.2. The van der Waals surface area contributed by atoms with E-state index in [4.69, 9.17) is 29.8 Å². The summed E-state index contributed by atoms with van der Waals surface area (Å²) in [6.45, 7) is 24.6. The summed E-state index contributed by atoms with van der Waals surface area (Å²) < 4.78 is 4.86. The van der Waals surface area contributed by atoms with Crippen LogP contribution in [0.2, 0.25) is 0 Å². The van der Waals surface area contributed by atoms with Crippen molar-refractivity contribution in [3.8, 4) is 11.5 Å². The topological polar surface area (TPSA) is 159 Å². The summed E-state index contributed by atoms with van der Waals surface area (Å²) in [7, 11) is 4.46. The van der Waals surface area contributed by atoms with Crippen LogP contribution in [0, 0.1) is 0 Å². The minimum absolute atomic E-state index is 0. The summed E-state index contributed by atoms with van der Waals surface area (Å²) in [5.74, 6) is -0.138. The SMILES string of the molecule is C.C[N+]1=C2N(CCCc3cc(C(C)(C)C)cc(C=NC4CCCCC4N=Cc4cc(C(C)(C)C)cc(CCCN5CCCN6CCC[N+](C)=C56)c4O)c3O)CCCN2CCC1.O=C(O)C(=O)O.[Co]. The molecule has 4 N–H and O–H groups in total. The van der Waals surface area contributed by atoms with Crippen LogP contribution in [-0.2, 0) is 50.0 Å². The van der Waals surface area contributed by atoms with E-state index >= 15 is 0 Å². The number of carboxylic acid groups (broad SMARTS) is 2. The Labute approximate surface area is 417 Å². The van der Waals surface area contributed by atoms with Crippen LogP contribution in [0.5, 0.6) is 11.5 Å². The Balaban J connectivity index is 0.00000118. The van der Waals surface area contributed by atoms with Crippen molar-refractivity contribution in [3.63, 3.8) is 0 Å². The molecule has 3 fully saturated rings. The van der Waals surface area contributed by atoms with Gasteiger partial charge < -0.3 is 20.4 Å². The molecule has 1 saturated carbocycles. The number of rotatable bonds is 12. The van der Waals surface area contributed by atoms with Gasteiger partial charge in [-0.15, -0.1) is 0 Å². The first-order valence-electron chi connectivity index (χ1n) is 24.7. The molecular formula is C53H84CoN8O6+2. The Morgan fingerprint density at radius 1 is 0.618 bits per heavy atom. The van der Waals surface area contributed by atoms with Crippen LogP contribution in [0.4, 0.5) is 0 Å². The van der Waals surface area contributed by atoms with Crippen LogP contribution in [0.3, 0.4) is 0 Å². The van der Waals surface area contributed by atoms with E-state index in [-0.39, 0.29) is 47.1 Å². The molecule has 2 aromatic carbocycles. The number of hydrogen-bond acceptors (Lipinski definition) is 10. The van der Waals surface area contributed by atoms with E-state index in [1.165, 1.54) is 48.7 Å². The quantitative estimate of drug-likeness (QED) is 0.0991. The predicted molar refractivity (Wildman–Crippen MR) is 270 cm³/mol. The van der Waals surface area contributed by atoms with Gasteiger partial charge in [-0.1, -0.05) is 73.9 Å². The molecule has 1 aliphatic carbocycles. The second-order valence-electron chi connectivity index (χ2n) is 21.2. The standard InChI is InChI=1S/C50H76N8O2.C2H2O4.CH4.Co/c1-49(2,3)41-31-37(17-11-23-55-27-15-29-57-25-13-21-53(7)47(55)57)45(59)39(33-41)35-51-43-19-9-10-20-44(43)52-36-40-34-42(50(4,5)6)32-38(46(40)60)18-12-24-56-28-16-30-58-26-14-22-54(8)48(56)58;3-1(4)2(5)6;;/h31-36,43-44H,9-30H2,1-8H3;(H,3,4)(H,5,6);1H4;/p+2. The molecule has 2 aromatic rings. The number of phenols is 2. The number of guanidine groups is 2. The first kappa shape index (κ1) is 56.0. The van der Waals surface area contributed by atoms with Crippen LogP contribution in [0.15, 0.2) is 34.3 Å². The fourth-order valence-corrected chi connectivity index (χ4v) is 10.3. The van der Waals surface area contributed by atoms with Gasteiger partial charge in [-0.3, -0.25) is 38.7 Å². The monoisotopic (exact) mass is 988 g/mol. The molecule has 14 nitrogen and oxygen atoms in total. The third-order valence-corrected chi connectivity index (χ3v) is 14.0. The molecule has 15 heteroatoms. The van der Waals surface area contributed by atoms with Crippen LogP contribution in [0.1, 0.15) is 147 Å². The number of phenolic OH excluding ortho intramolecular Hbond substituents is 2. The van der Waals surface area contributed by atoms with Crippen molar-refractivity contribution in [1.29, 1.82) is 0 Å². The molecule has 0 aromatic heterocycles. The largest absolute Gasteiger partial charge is 0.507 e. The van der Waals surface area contributed by atoms with Gasteiger partial charge in [0.15, 0.2) is 0 Å². The molecule has 4 heterocycles. The number of carbonyl (C=O) groups is 2. The number of aliphatic carboxylic acids is 2. The number of aryl methyl sites for hydroxylation is 2. The van der Waals surface area contributed by atoms with Gasteiger partial charge >= 0.3 is 23.9 Å². The molecular weight excluding hydrogens is 904 g/mol. The first-order valence-corrected chi connectivity index (χ1v) is 24.7. The van der Waals surface area contributed by atoms with E-state index < -0.39 is 11.9 Å². The zero-order valence-corrected chi connectivity index (χ0v) is 42.7. The molecule has 4 aliphatic heterocycles. The Kier molecular flexibility index (Phi) is 20.4. The summed E-state index contributed by atoms with van der Waals surface area (Å²) in [4.78, 5) is 38.8. The van der Waals surface area contributed by atoms with Crippen molar-refractivity contribution in [3.05, 3.63) is 57.6 Å². The molecule has 0 amide bonds. The van der Waals surface area contributed by atoms with Gasteiger partial charge in [-0.25, -0.2) is 9.59 Å². The average molecular weight is 988 g/mol. The third kappa shape index (κ3) is 14.5. The van der Waals surface area contributed by atoms with E-state index in [0.29, 0.717) is 11.5 Å². The maximum Gasteiger partial charge on any atom is 0.414 e. The fourth-order valence-electron chi connectivity index (χ4n) is 10.3. The number of fused-ring (bicyclic) bond motifs is 2. The van der Waals surface area contributed by atoms with Crippen molar-refractivity contribution < 1.29 is 55.9 Å². The van der Waals surface area contributed by atoms with Gasteiger partial charge in [0, 0.05) is 66.0 Å². The maximum atomic E-state index is 11.7. The summed E-state index contributed by atoms with van der Waals surface area (Å²) in [5.41, 5.74) is 5.98. The smallest absolute Gasteiger partial charge is 0.414 e. The van der Waals surface area contributed by atoms with Gasteiger partial charge in [0.05, 0.1) is 91.6 Å². The average Bonchev–Trinajstić information content (AvgIpc) is 3.26. The van der Waals surface area contributed by atoms with Crippen molar-refractivity contribution in [2.24, 2.45) is 9.98 Å². The third-order valence-electron chi connectivity index (χ3n) is 14.0. The molecule has 379 valence electrons. The maximum absolute atomic E-state index is 11.7. The van der Waals surface area contributed by atoms with Gasteiger partial charge in [0.25, 0.3) is 0 Å². The van der Waals surface area contributed by atoms with E-state index in [0.717, 1.165) is 139 Å². The van der Waals surface area contributed by atoms with Crippen molar-refractivity contribution in [1.82, 2.24) is 19.6 Å². The van der Waals surface area contributed by atoms with E-state index in [9.17, 15) is 10.2 Å². The van der Waals surface area contributed by atoms with E-state index in [2.05, 4.69) is 109 Å². The van der Waals surface area contributed by atoms with Crippen molar-refractivity contribution >= 4 is 36.3 Å². The second kappa shape index (κ2) is 24.8. The van der Waals surface area contributed by atoms with Gasteiger partial charge in [0.2, 0.25) is 0 Å². The zero-order valence-electron chi connectivity index (χ0n) is 41.7. The molecule has 1 radical (unpaired) electrons. The molecule has 0 spiro atoms.